The van der Waals surface area contributed by atoms with E-state index in [1.54, 1.807) is 18.3 Å². The Kier molecular flexibility index (Phi) is 5.64. The normalized spacial score (nSPS) is 21.2. The average Bonchev–Trinajstić information content (AvgIpc) is 2.74. The number of pyridine rings is 1. The van der Waals surface area contributed by atoms with E-state index in [1.807, 2.05) is 6.92 Å². The van der Waals surface area contributed by atoms with Crippen LogP contribution in [0.25, 0.3) is 0 Å². The highest BCUT2D eigenvalue weighted by molar-refractivity contribution is 6.09. The zero-order valence-corrected chi connectivity index (χ0v) is 19.7. The van der Waals surface area contributed by atoms with E-state index in [1.165, 1.54) is 11.1 Å². The van der Waals surface area contributed by atoms with Crippen LogP contribution in [0.5, 0.6) is 0 Å². The summed E-state index contributed by atoms with van der Waals surface area (Å²) in [5.74, 6) is -0.811. The molecule has 0 amide bonds. The number of hydrogen-bond donors (Lipinski definition) is 0. The third kappa shape index (κ3) is 3.82. The van der Waals surface area contributed by atoms with Gasteiger partial charge in [-0.1, -0.05) is 51.1 Å². The Balaban J connectivity index is 1.73. The number of carbonyl (C=O) groups is 2. The molecular weight excluding hydrogens is 400 g/mol. The lowest BCUT2D eigenvalue weighted by Gasteiger charge is -2.42. The minimum Gasteiger partial charge on any atom is -0.299 e. The first-order valence-corrected chi connectivity index (χ1v) is 11.5. The molecule has 32 heavy (non-hydrogen) atoms. The van der Waals surface area contributed by atoms with Gasteiger partial charge in [0.05, 0.1) is 5.69 Å². The van der Waals surface area contributed by atoms with Crippen LogP contribution >= 0.6 is 0 Å². The maximum atomic E-state index is 12.3. The van der Waals surface area contributed by atoms with Crippen molar-refractivity contribution in [2.24, 2.45) is 5.18 Å². The Hall–Kier alpha value is -2.69. The monoisotopic (exact) mass is 432 g/mol. The van der Waals surface area contributed by atoms with Crippen molar-refractivity contribution < 1.29 is 9.59 Å². The maximum Gasteiger partial charge on any atom is 0.159 e. The summed E-state index contributed by atoms with van der Waals surface area (Å²) in [5.41, 5.74) is 5.79. The Bertz CT molecular complexity index is 1070. The Morgan fingerprint density at radius 3 is 2.09 bits per heavy atom. The van der Waals surface area contributed by atoms with Crippen molar-refractivity contribution >= 4 is 11.6 Å². The molecule has 2 aliphatic carbocycles. The summed E-state index contributed by atoms with van der Waals surface area (Å²) in [6, 6.07) is 7.14. The summed E-state index contributed by atoms with van der Waals surface area (Å²) in [6.45, 7) is 11.1. The van der Waals surface area contributed by atoms with Crippen LogP contribution in [0.4, 0.5) is 0 Å². The van der Waals surface area contributed by atoms with Crippen LogP contribution in [-0.2, 0) is 20.4 Å². The highest BCUT2D eigenvalue weighted by Crippen LogP contribution is 2.47. The molecule has 0 N–H and O–H groups in total. The predicted molar refractivity (Wildman–Crippen MR) is 125 cm³/mol. The lowest BCUT2D eigenvalue weighted by atomic mass is 9.62. The van der Waals surface area contributed by atoms with E-state index in [4.69, 9.17) is 0 Å². The van der Waals surface area contributed by atoms with E-state index < -0.39 is 12.0 Å². The van der Waals surface area contributed by atoms with Gasteiger partial charge < -0.3 is 0 Å². The highest BCUT2D eigenvalue weighted by atomic mass is 16.3. The number of fused-ring (bicyclic) bond motifs is 1. The third-order valence-corrected chi connectivity index (χ3v) is 7.55. The second kappa shape index (κ2) is 8.02. The van der Waals surface area contributed by atoms with Gasteiger partial charge in [0.2, 0.25) is 0 Å². The van der Waals surface area contributed by atoms with E-state index >= 15 is 0 Å². The van der Waals surface area contributed by atoms with E-state index in [2.05, 4.69) is 50.0 Å². The number of benzene rings is 1. The number of nitrogens with zero attached hydrogens (tertiary/aromatic N) is 2. The first-order chi connectivity index (χ1) is 15.0. The molecule has 5 nitrogen and oxygen atoms in total. The lowest BCUT2D eigenvalue weighted by Crippen LogP contribution is -2.34. The van der Waals surface area contributed by atoms with Crippen LogP contribution in [-0.4, -0.2) is 16.6 Å². The minimum atomic E-state index is -0.729. The van der Waals surface area contributed by atoms with Gasteiger partial charge >= 0.3 is 0 Å². The molecule has 0 bridgehead atoms. The molecule has 0 radical (unpaired) electrons. The summed E-state index contributed by atoms with van der Waals surface area (Å²) < 4.78 is 0. The maximum absolute atomic E-state index is 12.3. The molecule has 5 heteroatoms. The van der Waals surface area contributed by atoms with Crippen molar-refractivity contribution in [3.63, 3.8) is 0 Å². The predicted octanol–water partition coefficient (Wildman–Crippen LogP) is 6.00. The summed E-state index contributed by atoms with van der Waals surface area (Å²) in [5, 5.41) is 3.45. The fraction of sp³-hybridized carbons (Fsp3) is 0.519. The number of aromatic nitrogens is 1. The van der Waals surface area contributed by atoms with Crippen molar-refractivity contribution in [2.75, 3.05) is 0 Å². The zero-order chi connectivity index (χ0) is 23.3. The summed E-state index contributed by atoms with van der Waals surface area (Å²) >= 11 is 0. The lowest BCUT2D eigenvalue weighted by molar-refractivity contribution is -0.131. The summed E-state index contributed by atoms with van der Waals surface area (Å²) in [7, 11) is 0. The van der Waals surface area contributed by atoms with Crippen molar-refractivity contribution in [1.82, 2.24) is 4.98 Å². The first kappa shape index (κ1) is 22.5. The number of nitroso groups, excluding NO2 is 1. The molecule has 1 fully saturated rings. The number of carbonyl (C=O) groups excluding carboxylic acids is 2. The smallest absolute Gasteiger partial charge is 0.159 e. The number of Topliss-reactive ketones (excluding diaryl/α,β-unsaturated/α-hetero) is 2. The van der Waals surface area contributed by atoms with Gasteiger partial charge in [-0.05, 0) is 70.9 Å². The van der Waals surface area contributed by atoms with Crippen LogP contribution in [0.1, 0.15) is 105 Å². The second-order valence-corrected chi connectivity index (χ2v) is 10.8. The van der Waals surface area contributed by atoms with Gasteiger partial charge in [0.25, 0.3) is 0 Å². The molecule has 4 rings (SSSR count). The molecule has 0 saturated heterocycles. The minimum absolute atomic E-state index is 0.0275. The number of hydrogen-bond acceptors (Lipinski definition) is 5. The fourth-order valence-electron chi connectivity index (χ4n) is 5.33. The Morgan fingerprint density at radius 2 is 1.56 bits per heavy atom. The highest BCUT2D eigenvalue weighted by Gasteiger charge is 2.38. The van der Waals surface area contributed by atoms with Gasteiger partial charge in [-0.3, -0.25) is 14.6 Å². The zero-order valence-electron chi connectivity index (χ0n) is 19.7. The van der Waals surface area contributed by atoms with Gasteiger partial charge in [-0.2, -0.15) is 0 Å². The Labute approximate surface area is 190 Å². The molecule has 1 heterocycles. The number of aryl methyl sites for hydroxylation is 1. The molecule has 0 aliphatic heterocycles. The fourth-order valence-corrected chi connectivity index (χ4v) is 5.33. The molecule has 168 valence electrons. The van der Waals surface area contributed by atoms with Gasteiger partial charge in [0.1, 0.15) is 17.5 Å². The molecule has 1 atom stereocenters. The number of rotatable bonds is 4. The van der Waals surface area contributed by atoms with E-state index in [0.717, 1.165) is 24.0 Å². The molecule has 2 aromatic rings. The third-order valence-electron chi connectivity index (χ3n) is 7.55. The molecule has 1 unspecified atom stereocenters. The van der Waals surface area contributed by atoms with Crippen LogP contribution in [0, 0.1) is 11.8 Å². The quantitative estimate of drug-likeness (QED) is 0.438. The van der Waals surface area contributed by atoms with Crippen LogP contribution in [0.3, 0.4) is 0 Å². The van der Waals surface area contributed by atoms with Gasteiger partial charge in [-0.15, -0.1) is 4.91 Å². The van der Waals surface area contributed by atoms with Crippen molar-refractivity contribution in [3.05, 3.63) is 68.9 Å². The number of ketones is 2. The SMILES string of the molecule is Cc1cc2c(cc1C(N=O)c1ccc(C3C(=O)CCCC3=O)cn1)C(C)(C)CCC2(C)C. The van der Waals surface area contributed by atoms with E-state index in [-0.39, 0.29) is 22.4 Å². The topological polar surface area (TPSA) is 76.5 Å². The molecule has 1 aromatic heterocycles. The molecule has 1 aromatic carbocycles. The Morgan fingerprint density at radius 1 is 0.969 bits per heavy atom. The average molecular weight is 433 g/mol. The molecule has 0 spiro atoms. The van der Waals surface area contributed by atoms with Crippen LogP contribution < -0.4 is 0 Å². The van der Waals surface area contributed by atoms with Crippen LogP contribution in [0.15, 0.2) is 35.6 Å². The van der Waals surface area contributed by atoms with Crippen LogP contribution in [0.2, 0.25) is 0 Å². The van der Waals surface area contributed by atoms with Crippen molar-refractivity contribution in [1.29, 1.82) is 0 Å². The van der Waals surface area contributed by atoms with Gasteiger partial charge in [0.15, 0.2) is 6.04 Å². The van der Waals surface area contributed by atoms with Gasteiger partial charge in [0, 0.05) is 19.0 Å². The van der Waals surface area contributed by atoms with Gasteiger partial charge in [-0.25, -0.2) is 0 Å². The van der Waals surface area contributed by atoms with Crippen molar-refractivity contribution in [3.8, 4) is 0 Å². The molecular formula is C27H32N2O3. The first-order valence-electron chi connectivity index (χ1n) is 11.5. The van der Waals surface area contributed by atoms with E-state index in [9.17, 15) is 14.5 Å². The largest absolute Gasteiger partial charge is 0.299 e. The van der Waals surface area contributed by atoms with Crippen molar-refractivity contribution in [2.45, 2.75) is 89.5 Å². The summed E-state index contributed by atoms with van der Waals surface area (Å²) in [6.07, 6.45) is 5.27. The van der Waals surface area contributed by atoms with E-state index in [0.29, 0.717) is 30.5 Å². The molecule has 2 aliphatic rings. The molecule has 1 saturated carbocycles. The summed E-state index contributed by atoms with van der Waals surface area (Å²) in [4.78, 5) is 41.1. The standard InChI is InChI=1S/C27H32N2O3/c1-16-13-19-20(27(4,5)12-11-26(19,2)3)14-18(16)25(29-32)21-10-9-17(15-28-21)24-22(30)7-6-8-23(24)31/h9-10,13-15,24-25H,6-8,11-12H2,1-5H3. The second-order valence-electron chi connectivity index (χ2n) is 10.8.